The molecule has 1 atom stereocenters. The molecule has 1 fully saturated rings. The van der Waals surface area contributed by atoms with E-state index in [1.807, 2.05) is 42.2 Å². The SMILES string of the molecule is Cc1nnsc1C(=O)N1CCCC[C@@H]1c1nc(C)c2c(n1)N(Cc1ccccc1)C(=O)C2. The number of likely N-dealkylation sites (tertiary alicyclic amines) is 1. The fourth-order valence-corrected chi connectivity index (χ4v) is 5.09. The van der Waals surface area contributed by atoms with Crippen LogP contribution in [0.5, 0.6) is 0 Å². The first-order valence-corrected chi connectivity index (χ1v) is 11.6. The highest BCUT2D eigenvalue weighted by Crippen LogP contribution is 2.36. The number of hydrogen-bond acceptors (Lipinski definition) is 7. The van der Waals surface area contributed by atoms with Crippen molar-refractivity contribution in [2.24, 2.45) is 0 Å². The van der Waals surface area contributed by atoms with Crippen molar-refractivity contribution in [3.05, 3.63) is 63.5 Å². The van der Waals surface area contributed by atoms with E-state index in [0.717, 1.165) is 47.6 Å². The molecule has 0 bridgehead atoms. The number of carbonyl (C=O) groups excluding carboxylic acids is 2. The highest BCUT2D eigenvalue weighted by molar-refractivity contribution is 7.07. The van der Waals surface area contributed by atoms with Gasteiger partial charge in [0.2, 0.25) is 5.91 Å². The van der Waals surface area contributed by atoms with Crippen molar-refractivity contribution in [1.82, 2.24) is 24.5 Å². The monoisotopic (exact) mass is 448 g/mol. The second kappa shape index (κ2) is 8.38. The van der Waals surface area contributed by atoms with E-state index in [0.29, 0.717) is 41.7 Å². The van der Waals surface area contributed by atoms with Crippen molar-refractivity contribution in [2.45, 2.75) is 52.1 Å². The Balaban J connectivity index is 1.50. The summed E-state index contributed by atoms with van der Waals surface area (Å²) in [5.74, 6) is 1.25. The van der Waals surface area contributed by atoms with Crippen LogP contribution in [0.2, 0.25) is 0 Å². The van der Waals surface area contributed by atoms with Crippen molar-refractivity contribution in [3.63, 3.8) is 0 Å². The first-order valence-electron chi connectivity index (χ1n) is 10.8. The van der Waals surface area contributed by atoms with Crippen LogP contribution in [0.3, 0.4) is 0 Å². The molecular weight excluding hydrogens is 424 g/mol. The van der Waals surface area contributed by atoms with Crippen LogP contribution in [0.4, 0.5) is 5.82 Å². The second-order valence-electron chi connectivity index (χ2n) is 8.31. The molecule has 1 saturated heterocycles. The van der Waals surface area contributed by atoms with Crippen molar-refractivity contribution in [3.8, 4) is 0 Å². The summed E-state index contributed by atoms with van der Waals surface area (Å²) >= 11 is 1.13. The molecule has 1 aromatic carbocycles. The van der Waals surface area contributed by atoms with Crippen LogP contribution in [-0.4, -0.2) is 42.8 Å². The minimum absolute atomic E-state index is 0.0290. The number of anilines is 1. The summed E-state index contributed by atoms with van der Waals surface area (Å²) in [6.07, 6.45) is 3.05. The summed E-state index contributed by atoms with van der Waals surface area (Å²) < 4.78 is 3.92. The molecule has 2 aromatic heterocycles. The van der Waals surface area contributed by atoms with Gasteiger partial charge in [0.1, 0.15) is 10.7 Å². The average molecular weight is 449 g/mol. The lowest BCUT2D eigenvalue weighted by Crippen LogP contribution is -2.39. The fraction of sp³-hybridized carbons (Fsp3) is 0.391. The highest BCUT2D eigenvalue weighted by Gasteiger charge is 2.36. The Morgan fingerprint density at radius 2 is 1.94 bits per heavy atom. The van der Waals surface area contributed by atoms with Gasteiger partial charge in [-0.1, -0.05) is 34.8 Å². The number of aromatic nitrogens is 4. The smallest absolute Gasteiger partial charge is 0.268 e. The first-order chi connectivity index (χ1) is 15.5. The molecule has 4 heterocycles. The fourth-order valence-electron chi connectivity index (χ4n) is 4.48. The lowest BCUT2D eigenvalue weighted by Gasteiger charge is -2.35. The van der Waals surface area contributed by atoms with E-state index in [1.165, 1.54) is 0 Å². The zero-order chi connectivity index (χ0) is 22.2. The van der Waals surface area contributed by atoms with Gasteiger partial charge in [-0.05, 0) is 50.2 Å². The van der Waals surface area contributed by atoms with E-state index in [4.69, 9.17) is 9.97 Å². The molecule has 164 valence electrons. The van der Waals surface area contributed by atoms with E-state index in [1.54, 1.807) is 11.8 Å². The third-order valence-corrected chi connectivity index (χ3v) is 7.00. The minimum atomic E-state index is -0.226. The molecular formula is C23H24N6O2S. The molecule has 0 N–H and O–H groups in total. The van der Waals surface area contributed by atoms with Gasteiger partial charge in [0, 0.05) is 17.8 Å². The Kier molecular flexibility index (Phi) is 5.42. The molecule has 2 aliphatic heterocycles. The molecule has 0 saturated carbocycles. The van der Waals surface area contributed by atoms with Gasteiger partial charge in [-0.3, -0.25) is 14.5 Å². The van der Waals surface area contributed by atoms with Crippen LogP contribution < -0.4 is 4.90 Å². The number of carbonyl (C=O) groups is 2. The van der Waals surface area contributed by atoms with E-state index in [9.17, 15) is 9.59 Å². The number of nitrogens with zero attached hydrogens (tertiary/aromatic N) is 6. The van der Waals surface area contributed by atoms with Crippen molar-refractivity contribution in [1.29, 1.82) is 0 Å². The molecule has 9 heteroatoms. The zero-order valence-electron chi connectivity index (χ0n) is 18.1. The Labute approximate surface area is 190 Å². The standard InChI is InChI=1S/C23H24N6O2S/c1-14-17-12-19(30)29(13-16-8-4-3-5-9-16)22(17)25-21(24-14)18-10-6-7-11-28(18)23(31)20-15(2)26-27-32-20/h3-5,8-9,18H,6-7,10-13H2,1-2H3/t18-/m1/s1. The Morgan fingerprint density at radius 1 is 1.12 bits per heavy atom. The number of aryl methyl sites for hydroxylation is 2. The molecule has 32 heavy (non-hydrogen) atoms. The third kappa shape index (κ3) is 3.66. The Morgan fingerprint density at radius 3 is 2.69 bits per heavy atom. The summed E-state index contributed by atoms with van der Waals surface area (Å²) in [6, 6.07) is 9.68. The van der Waals surface area contributed by atoms with Gasteiger partial charge in [0.05, 0.1) is 24.7 Å². The molecule has 2 aliphatic rings. The van der Waals surface area contributed by atoms with E-state index >= 15 is 0 Å². The van der Waals surface area contributed by atoms with Gasteiger partial charge < -0.3 is 4.90 Å². The molecule has 5 rings (SSSR count). The lowest BCUT2D eigenvalue weighted by atomic mass is 10.0. The molecule has 0 unspecified atom stereocenters. The minimum Gasteiger partial charge on any atom is -0.328 e. The number of benzene rings is 1. The topological polar surface area (TPSA) is 92.2 Å². The Bertz CT molecular complexity index is 1180. The molecule has 0 aliphatic carbocycles. The maximum absolute atomic E-state index is 13.3. The number of piperidine rings is 1. The average Bonchev–Trinajstić information content (AvgIpc) is 3.37. The number of rotatable bonds is 4. The summed E-state index contributed by atoms with van der Waals surface area (Å²) in [6.45, 7) is 4.85. The quantitative estimate of drug-likeness (QED) is 0.607. The van der Waals surface area contributed by atoms with Crippen LogP contribution in [-0.2, 0) is 17.8 Å². The van der Waals surface area contributed by atoms with Crippen LogP contribution in [0, 0.1) is 13.8 Å². The largest absolute Gasteiger partial charge is 0.328 e. The van der Waals surface area contributed by atoms with E-state index in [2.05, 4.69) is 9.59 Å². The predicted molar refractivity (Wildman–Crippen MR) is 120 cm³/mol. The second-order valence-corrected chi connectivity index (χ2v) is 9.06. The molecule has 8 nitrogen and oxygen atoms in total. The van der Waals surface area contributed by atoms with Crippen LogP contribution in [0.15, 0.2) is 30.3 Å². The predicted octanol–water partition coefficient (Wildman–Crippen LogP) is 3.40. The van der Waals surface area contributed by atoms with Crippen molar-refractivity contribution in [2.75, 3.05) is 11.4 Å². The highest BCUT2D eigenvalue weighted by atomic mass is 32.1. The Hall–Kier alpha value is -3.20. The summed E-state index contributed by atoms with van der Waals surface area (Å²) in [5, 5.41) is 4.00. The third-order valence-electron chi connectivity index (χ3n) is 6.19. The molecule has 0 radical (unpaired) electrons. The lowest BCUT2D eigenvalue weighted by molar-refractivity contribution is -0.117. The first kappa shape index (κ1) is 20.7. The number of fused-ring (bicyclic) bond motifs is 1. The normalized spacial score (nSPS) is 18.2. The van der Waals surface area contributed by atoms with Crippen LogP contribution in [0.1, 0.15) is 63.3 Å². The van der Waals surface area contributed by atoms with Crippen LogP contribution >= 0.6 is 11.5 Å². The molecule has 3 aromatic rings. The van der Waals surface area contributed by atoms with Gasteiger partial charge in [-0.15, -0.1) is 5.10 Å². The van der Waals surface area contributed by atoms with Gasteiger partial charge >= 0.3 is 0 Å². The summed E-state index contributed by atoms with van der Waals surface area (Å²) in [4.78, 5) is 39.9. The van der Waals surface area contributed by atoms with Gasteiger partial charge in [0.15, 0.2) is 5.82 Å². The summed E-state index contributed by atoms with van der Waals surface area (Å²) in [7, 11) is 0. The van der Waals surface area contributed by atoms with Crippen LogP contribution in [0.25, 0.3) is 0 Å². The number of amides is 2. The van der Waals surface area contributed by atoms with Gasteiger partial charge in [-0.25, -0.2) is 9.97 Å². The van der Waals surface area contributed by atoms with E-state index in [-0.39, 0.29) is 17.9 Å². The summed E-state index contributed by atoms with van der Waals surface area (Å²) in [5.41, 5.74) is 3.39. The molecule has 0 spiro atoms. The van der Waals surface area contributed by atoms with Crippen molar-refractivity contribution < 1.29 is 9.59 Å². The maximum Gasteiger partial charge on any atom is 0.268 e. The van der Waals surface area contributed by atoms with Crippen molar-refractivity contribution >= 4 is 29.2 Å². The van der Waals surface area contributed by atoms with E-state index < -0.39 is 0 Å². The van der Waals surface area contributed by atoms with Gasteiger partial charge in [-0.2, -0.15) is 0 Å². The zero-order valence-corrected chi connectivity index (χ0v) is 18.9. The van der Waals surface area contributed by atoms with Gasteiger partial charge in [0.25, 0.3) is 5.91 Å². The number of hydrogen-bond donors (Lipinski definition) is 0. The maximum atomic E-state index is 13.3. The molecule has 2 amide bonds.